The molecule has 1 heterocycles. The van der Waals surface area contributed by atoms with Crippen molar-refractivity contribution in [3.8, 4) is 5.75 Å². The second-order valence-electron chi connectivity index (χ2n) is 7.67. The zero-order valence-electron chi connectivity index (χ0n) is 17.6. The van der Waals surface area contributed by atoms with E-state index in [-0.39, 0.29) is 37.1 Å². The zero-order chi connectivity index (χ0) is 22.3. The number of likely N-dealkylation sites (tertiary alicyclic amines) is 1. The number of imide groups is 1. The molecule has 1 N–H and O–H groups in total. The SMILES string of the molecule is O=C(NCc1cccc(OCc2ccccc2)c1)c1ccc(CN2C(=O)CCC2=O)cc1. The molecular formula is C26H24N2O4. The standard InChI is InChI=1S/C26H24N2O4/c29-24-13-14-25(30)28(24)17-19-9-11-22(12-10-19)26(31)27-16-21-7-4-8-23(15-21)32-18-20-5-2-1-3-6-20/h1-12,15H,13-14,16-18H2,(H,27,31). The van der Waals surface area contributed by atoms with Crippen molar-refractivity contribution >= 4 is 17.7 Å². The maximum absolute atomic E-state index is 12.5. The van der Waals surface area contributed by atoms with Crippen molar-refractivity contribution in [2.45, 2.75) is 32.5 Å². The minimum Gasteiger partial charge on any atom is -0.489 e. The van der Waals surface area contributed by atoms with Crippen LogP contribution in [-0.2, 0) is 29.3 Å². The Morgan fingerprint density at radius 3 is 2.22 bits per heavy atom. The van der Waals surface area contributed by atoms with Crippen LogP contribution in [-0.4, -0.2) is 22.6 Å². The fourth-order valence-corrected chi connectivity index (χ4v) is 3.51. The zero-order valence-corrected chi connectivity index (χ0v) is 17.6. The van der Waals surface area contributed by atoms with Crippen molar-refractivity contribution in [1.82, 2.24) is 10.2 Å². The molecule has 3 aromatic rings. The van der Waals surface area contributed by atoms with Gasteiger partial charge in [-0.2, -0.15) is 0 Å². The number of nitrogens with one attached hydrogen (secondary N) is 1. The van der Waals surface area contributed by atoms with Gasteiger partial charge in [-0.05, 0) is 41.0 Å². The van der Waals surface area contributed by atoms with Crippen LogP contribution in [0.1, 0.15) is 39.9 Å². The molecule has 0 atom stereocenters. The Balaban J connectivity index is 1.29. The van der Waals surface area contributed by atoms with Gasteiger partial charge < -0.3 is 10.1 Å². The van der Waals surface area contributed by atoms with Crippen molar-refractivity contribution < 1.29 is 19.1 Å². The van der Waals surface area contributed by atoms with Crippen LogP contribution < -0.4 is 10.1 Å². The Kier molecular flexibility index (Phi) is 6.60. The Morgan fingerprint density at radius 1 is 0.812 bits per heavy atom. The van der Waals surface area contributed by atoms with Crippen LogP contribution in [0.4, 0.5) is 0 Å². The first-order chi connectivity index (χ1) is 15.6. The Hall–Kier alpha value is -3.93. The Bertz CT molecular complexity index is 1090. The number of carbonyl (C=O) groups is 3. The number of benzene rings is 3. The molecule has 1 aliphatic rings. The lowest BCUT2D eigenvalue weighted by Gasteiger charge is -2.14. The van der Waals surface area contributed by atoms with Gasteiger partial charge >= 0.3 is 0 Å². The molecule has 3 amide bonds. The molecular weight excluding hydrogens is 404 g/mol. The predicted molar refractivity (Wildman–Crippen MR) is 120 cm³/mol. The molecule has 0 bridgehead atoms. The van der Waals surface area contributed by atoms with E-state index in [1.807, 2.05) is 54.6 Å². The fraction of sp³-hybridized carbons (Fsp3) is 0.192. The molecule has 6 heteroatoms. The van der Waals surface area contributed by atoms with Crippen LogP contribution in [0.15, 0.2) is 78.9 Å². The maximum atomic E-state index is 12.5. The summed E-state index contributed by atoms with van der Waals surface area (Å²) in [5, 5.41) is 2.91. The summed E-state index contributed by atoms with van der Waals surface area (Å²) >= 11 is 0. The first kappa shape index (κ1) is 21.3. The molecule has 0 unspecified atom stereocenters. The van der Waals surface area contributed by atoms with E-state index in [9.17, 15) is 14.4 Å². The maximum Gasteiger partial charge on any atom is 0.251 e. The first-order valence-electron chi connectivity index (χ1n) is 10.5. The number of ether oxygens (including phenoxy) is 1. The van der Waals surface area contributed by atoms with Crippen molar-refractivity contribution in [3.05, 3.63) is 101 Å². The van der Waals surface area contributed by atoms with E-state index in [0.29, 0.717) is 18.7 Å². The topological polar surface area (TPSA) is 75.7 Å². The molecule has 162 valence electrons. The minimum absolute atomic E-state index is 0.146. The van der Waals surface area contributed by atoms with Crippen molar-refractivity contribution in [1.29, 1.82) is 0 Å². The van der Waals surface area contributed by atoms with Gasteiger partial charge in [0.15, 0.2) is 0 Å². The summed E-state index contributed by atoms with van der Waals surface area (Å²) in [6, 6.07) is 24.5. The van der Waals surface area contributed by atoms with E-state index in [0.717, 1.165) is 22.4 Å². The average Bonchev–Trinajstić information content (AvgIpc) is 3.15. The molecule has 6 nitrogen and oxygen atoms in total. The number of nitrogens with zero attached hydrogens (tertiary/aromatic N) is 1. The number of carbonyl (C=O) groups excluding carboxylic acids is 3. The minimum atomic E-state index is -0.194. The lowest BCUT2D eigenvalue weighted by Crippen LogP contribution is -2.28. The van der Waals surface area contributed by atoms with Crippen LogP contribution in [0.5, 0.6) is 5.75 Å². The molecule has 0 aliphatic carbocycles. The van der Waals surface area contributed by atoms with Gasteiger partial charge in [-0.3, -0.25) is 19.3 Å². The molecule has 0 aromatic heterocycles. The highest BCUT2D eigenvalue weighted by Gasteiger charge is 2.28. The van der Waals surface area contributed by atoms with Gasteiger partial charge in [-0.15, -0.1) is 0 Å². The second kappa shape index (κ2) is 9.92. The summed E-state index contributed by atoms with van der Waals surface area (Å²) in [5.41, 5.74) is 3.36. The third-order valence-electron chi connectivity index (χ3n) is 5.31. The Labute approximate surface area is 186 Å². The van der Waals surface area contributed by atoms with Gasteiger partial charge in [0.05, 0.1) is 6.54 Å². The highest BCUT2D eigenvalue weighted by Crippen LogP contribution is 2.17. The summed E-state index contributed by atoms with van der Waals surface area (Å²) in [4.78, 5) is 37.3. The summed E-state index contributed by atoms with van der Waals surface area (Å²) in [5.74, 6) is 0.259. The fourth-order valence-electron chi connectivity index (χ4n) is 3.51. The molecule has 0 spiro atoms. The van der Waals surface area contributed by atoms with E-state index >= 15 is 0 Å². The van der Waals surface area contributed by atoms with Gasteiger partial charge in [0.25, 0.3) is 5.91 Å². The van der Waals surface area contributed by atoms with E-state index in [4.69, 9.17) is 4.74 Å². The molecule has 4 rings (SSSR count). The van der Waals surface area contributed by atoms with E-state index in [1.165, 1.54) is 4.90 Å². The van der Waals surface area contributed by atoms with Gasteiger partial charge in [0.2, 0.25) is 11.8 Å². The number of rotatable bonds is 8. The largest absolute Gasteiger partial charge is 0.489 e. The predicted octanol–water partition coefficient (Wildman–Crippen LogP) is 3.84. The van der Waals surface area contributed by atoms with Gasteiger partial charge in [0.1, 0.15) is 12.4 Å². The highest BCUT2D eigenvalue weighted by molar-refractivity contribution is 6.01. The smallest absolute Gasteiger partial charge is 0.251 e. The van der Waals surface area contributed by atoms with Crippen molar-refractivity contribution in [2.24, 2.45) is 0 Å². The summed E-state index contributed by atoms with van der Waals surface area (Å²) < 4.78 is 5.84. The molecule has 0 saturated carbocycles. The Morgan fingerprint density at radius 2 is 1.50 bits per heavy atom. The monoisotopic (exact) mass is 428 g/mol. The molecule has 1 saturated heterocycles. The van der Waals surface area contributed by atoms with Gasteiger partial charge in [0, 0.05) is 24.9 Å². The molecule has 1 aliphatic heterocycles. The van der Waals surface area contributed by atoms with Crippen LogP contribution in [0.3, 0.4) is 0 Å². The summed E-state index contributed by atoms with van der Waals surface area (Å²) in [6.45, 7) is 1.10. The normalized spacial score (nSPS) is 13.3. The summed E-state index contributed by atoms with van der Waals surface area (Å²) in [6.07, 6.45) is 0.551. The molecule has 3 aromatic carbocycles. The lowest BCUT2D eigenvalue weighted by atomic mass is 10.1. The number of hydrogen-bond donors (Lipinski definition) is 1. The third kappa shape index (κ3) is 5.40. The lowest BCUT2D eigenvalue weighted by molar-refractivity contribution is -0.139. The quantitative estimate of drug-likeness (QED) is 0.553. The number of hydrogen-bond acceptors (Lipinski definition) is 4. The molecule has 1 fully saturated rings. The van der Waals surface area contributed by atoms with Crippen molar-refractivity contribution in [2.75, 3.05) is 0 Å². The highest BCUT2D eigenvalue weighted by atomic mass is 16.5. The van der Waals surface area contributed by atoms with Gasteiger partial charge in [-0.1, -0.05) is 54.6 Å². The first-order valence-corrected chi connectivity index (χ1v) is 10.5. The molecule has 32 heavy (non-hydrogen) atoms. The van der Waals surface area contributed by atoms with Crippen LogP contribution in [0.2, 0.25) is 0 Å². The van der Waals surface area contributed by atoms with E-state index < -0.39 is 0 Å². The van der Waals surface area contributed by atoms with E-state index in [1.54, 1.807) is 24.3 Å². The number of amides is 3. The van der Waals surface area contributed by atoms with Crippen LogP contribution >= 0.6 is 0 Å². The third-order valence-corrected chi connectivity index (χ3v) is 5.31. The van der Waals surface area contributed by atoms with Crippen LogP contribution in [0.25, 0.3) is 0 Å². The van der Waals surface area contributed by atoms with E-state index in [2.05, 4.69) is 5.32 Å². The second-order valence-corrected chi connectivity index (χ2v) is 7.67. The van der Waals surface area contributed by atoms with Crippen LogP contribution in [0, 0.1) is 0 Å². The van der Waals surface area contributed by atoms with Crippen molar-refractivity contribution in [3.63, 3.8) is 0 Å². The summed E-state index contributed by atoms with van der Waals surface area (Å²) in [7, 11) is 0. The van der Waals surface area contributed by atoms with Gasteiger partial charge in [-0.25, -0.2) is 0 Å². The average molecular weight is 428 g/mol. The molecule has 0 radical (unpaired) electrons.